The smallest absolute Gasteiger partial charge is 0.266 e. The van der Waals surface area contributed by atoms with Crippen molar-refractivity contribution in [3.8, 4) is 0 Å². The van der Waals surface area contributed by atoms with Crippen molar-refractivity contribution < 1.29 is 18.3 Å². The normalized spacial score (nSPS) is 29.3. The van der Waals surface area contributed by atoms with Gasteiger partial charge in [0.05, 0.1) is 6.26 Å². The number of hydrogen-bond donors (Lipinski definition) is 1. The van der Waals surface area contributed by atoms with E-state index in [4.69, 9.17) is 4.42 Å². The number of hydrogen-bond acceptors (Lipinski definition) is 2. The van der Waals surface area contributed by atoms with Crippen molar-refractivity contribution in [3.05, 3.63) is 35.8 Å². The van der Waals surface area contributed by atoms with Crippen molar-refractivity contribution in [2.45, 2.75) is 31.3 Å². The van der Waals surface area contributed by atoms with Crippen LogP contribution in [0.5, 0.6) is 0 Å². The molecule has 1 N–H and O–H groups in total. The Bertz CT molecular complexity index is 395. The van der Waals surface area contributed by atoms with E-state index in [0.29, 0.717) is 5.76 Å². The van der Waals surface area contributed by atoms with Gasteiger partial charge in [-0.15, -0.1) is 0 Å². The second kappa shape index (κ2) is 3.17. The summed E-state index contributed by atoms with van der Waals surface area (Å²) in [5.41, 5.74) is -0.514. The van der Waals surface area contributed by atoms with E-state index in [1.54, 1.807) is 6.07 Å². The molecule has 1 aliphatic rings. The summed E-state index contributed by atoms with van der Waals surface area (Å²) in [5, 5.41) is 10.1. The molecule has 1 atom stereocenters. The summed E-state index contributed by atoms with van der Waals surface area (Å²) in [5.74, 6) is -2.49. The molecular formula is C11H12F2O2. The van der Waals surface area contributed by atoms with Crippen molar-refractivity contribution in [1.29, 1.82) is 0 Å². The molecule has 82 valence electrons. The average molecular weight is 214 g/mol. The van der Waals surface area contributed by atoms with Crippen molar-refractivity contribution in [1.82, 2.24) is 0 Å². The number of alkyl halides is 2. The Morgan fingerprint density at radius 1 is 1.33 bits per heavy atom. The van der Waals surface area contributed by atoms with E-state index in [0.717, 1.165) is 17.7 Å². The Labute approximate surface area is 86.2 Å². The highest BCUT2D eigenvalue weighted by Crippen LogP contribution is 2.39. The molecule has 0 saturated heterocycles. The molecule has 15 heavy (non-hydrogen) atoms. The van der Waals surface area contributed by atoms with Crippen LogP contribution in [-0.2, 0) is 5.60 Å². The summed E-state index contributed by atoms with van der Waals surface area (Å²) >= 11 is 0. The summed E-state index contributed by atoms with van der Waals surface area (Å²) in [6.45, 7) is 1.82. The minimum Gasteiger partial charge on any atom is -0.466 e. The Hall–Kier alpha value is -1.16. The lowest BCUT2D eigenvalue weighted by Gasteiger charge is -2.28. The van der Waals surface area contributed by atoms with E-state index in [1.807, 2.05) is 6.92 Å². The summed E-state index contributed by atoms with van der Waals surface area (Å²) in [4.78, 5) is 0. The Kier molecular flexibility index (Phi) is 2.19. The molecule has 1 unspecified atom stereocenters. The van der Waals surface area contributed by atoms with E-state index in [9.17, 15) is 13.9 Å². The molecule has 0 bridgehead atoms. The molecule has 2 rings (SSSR count). The lowest BCUT2D eigenvalue weighted by atomic mass is 9.87. The van der Waals surface area contributed by atoms with Gasteiger partial charge in [0.1, 0.15) is 11.4 Å². The number of furan rings is 1. The quantitative estimate of drug-likeness (QED) is 0.729. The van der Waals surface area contributed by atoms with E-state index >= 15 is 0 Å². The first-order valence-corrected chi connectivity index (χ1v) is 4.78. The van der Waals surface area contributed by atoms with Crippen LogP contribution < -0.4 is 0 Å². The van der Waals surface area contributed by atoms with E-state index in [2.05, 4.69) is 0 Å². The van der Waals surface area contributed by atoms with E-state index in [1.165, 1.54) is 6.26 Å². The zero-order chi connectivity index (χ0) is 11.1. The molecule has 0 spiro atoms. The lowest BCUT2D eigenvalue weighted by molar-refractivity contribution is -0.0222. The predicted octanol–water partition coefficient (Wildman–Crippen LogP) is 2.76. The van der Waals surface area contributed by atoms with E-state index < -0.39 is 11.5 Å². The number of allylic oxidation sites excluding steroid dienone is 1. The minimum atomic E-state index is -2.81. The minimum absolute atomic E-state index is 0.0244. The summed E-state index contributed by atoms with van der Waals surface area (Å²) in [6.07, 6.45) is 2.97. The third-order valence-corrected chi connectivity index (χ3v) is 2.60. The maximum absolute atomic E-state index is 12.8. The van der Waals surface area contributed by atoms with Gasteiger partial charge in [-0.2, -0.15) is 0 Å². The van der Waals surface area contributed by atoms with Crippen LogP contribution in [0.3, 0.4) is 0 Å². The molecule has 0 aromatic carbocycles. The summed E-state index contributed by atoms with van der Waals surface area (Å²) < 4.78 is 30.8. The number of aryl methyl sites for hydroxylation is 1. The predicted molar refractivity (Wildman–Crippen MR) is 50.7 cm³/mol. The first kappa shape index (κ1) is 10.4. The highest BCUT2D eigenvalue weighted by molar-refractivity contribution is 5.25. The van der Waals surface area contributed by atoms with Gasteiger partial charge in [0, 0.05) is 6.42 Å². The first-order valence-electron chi connectivity index (χ1n) is 4.78. The Morgan fingerprint density at radius 2 is 2.07 bits per heavy atom. The number of halogens is 2. The Balaban J connectivity index is 2.30. The fourth-order valence-electron chi connectivity index (χ4n) is 1.65. The standard InChI is InChI=1S/C11H12F2O2/c1-8-6-9(15-7-8)10(14)2-4-11(12,13)5-3-10/h2,4,6-7,14H,3,5H2,1H3. The molecule has 1 aliphatic carbocycles. The molecule has 1 aromatic heterocycles. The maximum atomic E-state index is 12.8. The van der Waals surface area contributed by atoms with Crippen LogP contribution in [0, 0.1) is 6.92 Å². The van der Waals surface area contributed by atoms with Gasteiger partial charge in [-0.3, -0.25) is 0 Å². The molecule has 1 heterocycles. The van der Waals surface area contributed by atoms with Crippen molar-refractivity contribution in [2.75, 3.05) is 0 Å². The van der Waals surface area contributed by atoms with Crippen LogP contribution in [0.1, 0.15) is 24.2 Å². The Morgan fingerprint density at radius 3 is 2.53 bits per heavy atom. The fraction of sp³-hybridized carbons (Fsp3) is 0.455. The van der Waals surface area contributed by atoms with Crippen molar-refractivity contribution in [2.24, 2.45) is 0 Å². The van der Waals surface area contributed by atoms with Crippen LogP contribution in [0.15, 0.2) is 28.9 Å². The second-order valence-corrected chi connectivity index (χ2v) is 4.01. The largest absolute Gasteiger partial charge is 0.466 e. The highest BCUT2D eigenvalue weighted by atomic mass is 19.3. The molecule has 4 heteroatoms. The zero-order valence-electron chi connectivity index (χ0n) is 8.34. The van der Waals surface area contributed by atoms with E-state index in [-0.39, 0.29) is 12.8 Å². The molecule has 0 aliphatic heterocycles. The van der Waals surface area contributed by atoms with Gasteiger partial charge in [-0.25, -0.2) is 8.78 Å². The molecule has 2 nitrogen and oxygen atoms in total. The van der Waals surface area contributed by atoms with Gasteiger partial charge < -0.3 is 9.52 Å². The van der Waals surface area contributed by atoms with Crippen LogP contribution in [-0.4, -0.2) is 11.0 Å². The lowest BCUT2D eigenvalue weighted by Crippen LogP contribution is -2.31. The molecule has 0 amide bonds. The monoisotopic (exact) mass is 214 g/mol. The van der Waals surface area contributed by atoms with Crippen molar-refractivity contribution >= 4 is 0 Å². The van der Waals surface area contributed by atoms with Gasteiger partial charge in [0.15, 0.2) is 0 Å². The fourth-order valence-corrected chi connectivity index (χ4v) is 1.65. The molecule has 1 aromatic rings. The van der Waals surface area contributed by atoms with Crippen molar-refractivity contribution in [3.63, 3.8) is 0 Å². The SMILES string of the molecule is Cc1coc(C2(O)C=CC(F)(F)CC2)c1. The second-order valence-electron chi connectivity index (χ2n) is 4.01. The third-order valence-electron chi connectivity index (χ3n) is 2.60. The average Bonchev–Trinajstić information content (AvgIpc) is 2.59. The summed E-state index contributed by atoms with van der Waals surface area (Å²) in [7, 11) is 0. The zero-order valence-corrected chi connectivity index (χ0v) is 8.34. The van der Waals surface area contributed by atoms with Crippen LogP contribution in [0.4, 0.5) is 8.78 Å². The van der Waals surface area contributed by atoms with Crippen LogP contribution in [0.25, 0.3) is 0 Å². The van der Waals surface area contributed by atoms with Gasteiger partial charge in [0.2, 0.25) is 0 Å². The topological polar surface area (TPSA) is 33.4 Å². The van der Waals surface area contributed by atoms with Gasteiger partial charge >= 0.3 is 0 Å². The highest BCUT2D eigenvalue weighted by Gasteiger charge is 2.40. The third kappa shape index (κ3) is 1.95. The molecule has 0 fully saturated rings. The van der Waals surface area contributed by atoms with Gasteiger partial charge in [-0.05, 0) is 37.1 Å². The summed E-state index contributed by atoms with van der Waals surface area (Å²) in [6, 6.07) is 1.66. The molecular weight excluding hydrogens is 202 g/mol. The molecule has 0 radical (unpaired) electrons. The molecule has 0 saturated carbocycles. The first-order chi connectivity index (χ1) is 6.91. The number of aliphatic hydroxyl groups is 1. The maximum Gasteiger partial charge on any atom is 0.266 e. The van der Waals surface area contributed by atoms with Crippen LogP contribution in [0.2, 0.25) is 0 Å². The van der Waals surface area contributed by atoms with Gasteiger partial charge in [-0.1, -0.05) is 0 Å². The van der Waals surface area contributed by atoms with Gasteiger partial charge in [0.25, 0.3) is 5.92 Å². The number of rotatable bonds is 1. The van der Waals surface area contributed by atoms with Crippen LogP contribution >= 0.6 is 0 Å².